The van der Waals surface area contributed by atoms with Crippen molar-refractivity contribution in [2.45, 2.75) is 6.42 Å². The maximum absolute atomic E-state index is 12.5. The van der Waals surface area contributed by atoms with Crippen LogP contribution in [0, 0.1) is 33.8 Å². The maximum Gasteiger partial charge on any atom is 0.312 e. The lowest BCUT2D eigenvalue weighted by atomic mass is 9.85. The highest BCUT2D eigenvalue weighted by molar-refractivity contribution is 9.10. The number of rotatable bonds is 3. The Balaban J connectivity index is 1.64. The van der Waals surface area contributed by atoms with Crippen molar-refractivity contribution >= 4 is 39.6 Å². The zero-order valence-corrected chi connectivity index (χ0v) is 14.3. The number of carbonyl (C=O) groups excluding carboxylic acids is 2. The number of hydrazone groups is 1. The minimum absolute atomic E-state index is 0.0415. The van der Waals surface area contributed by atoms with E-state index in [0.717, 1.165) is 23.7 Å². The number of benzene rings is 1. The van der Waals surface area contributed by atoms with Gasteiger partial charge in [0.2, 0.25) is 5.75 Å². The number of nitro benzene ring substituents is 1. The van der Waals surface area contributed by atoms with Crippen LogP contribution in [0.1, 0.15) is 12.0 Å². The molecule has 0 aromatic heterocycles. The Bertz CT molecular complexity index is 851. The lowest BCUT2D eigenvalue weighted by molar-refractivity contribution is -0.385. The van der Waals surface area contributed by atoms with E-state index in [0.29, 0.717) is 4.47 Å². The fraction of sp³-hybridized carbons (Fsp3) is 0.312. The van der Waals surface area contributed by atoms with Crippen molar-refractivity contribution in [2.75, 3.05) is 0 Å². The summed E-state index contributed by atoms with van der Waals surface area (Å²) in [6, 6.07) is 2.58. The molecule has 1 saturated heterocycles. The van der Waals surface area contributed by atoms with Gasteiger partial charge in [0.15, 0.2) is 0 Å². The standard InChI is InChI=1S/C16H12BrN3O5/c17-10-4-9(14(21)11(5-10)20(24)25)6-18-19-15(22)12-7-1-2-8(3-7)13(12)16(19)23/h1-2,4-8,12-13,21H,3H2/b18-6+/t7-,8+,12-,13+. The summed E-state index contributed by atoms with van der Waals surface area (Å²) in [6.07, 6.45) is 5.88. The molecule has 128 valence electrons. The predicted octanol–water partition coefficient (Wildman–Crippen LogP) is 2.20. The molecule has 0 radical (unpaired) electrons. The van der Waals surface area contributed by atoms with Gasteiger partial charge in [0.1, 0.15) is 0 Å². The van der Waals surface area contributed by atoms with E-state index in [9.17, 15) is 24.8 Å². The van der Waals surface area contributed by atoms with Gasteiger partial charge in [-0.15, -0.1) is 0 Å². The molecule has 0 unspecified atom stereocenters. The van der Waals surface area contributed by atoms with Crippen LogP contribution in [0.5, 0.6) is 5.75 Å². The number of imide groups is 1. The second-order valence-corrected chi connectivity index (χ2v) is 7.27. The fourth-order valence-corrected chi connectivity index (χ4v) is 4.43. The van der Waals surface area contributed by atoms with Gasteiger partial charge in [-0.1, -0.05) is 28.1 Å². The fourth-order valence-electron chi connectivity index (χ4n) is 3.96. The summed E-state index contributed by atoms with van der Waals surface area (Å²) in [6.45, 7) is 0. The number of allylic oxidation sites excluding steroid dienone is 2. The quantitative estimate of drug-likeness (QED) is 0.272. The van der Waals surface area contributed by atoms with Gasteiger partial charge in [-0.3, -0.25) is 19.7 Å². The number of amides is 2. The summed E-state index contributed by atoms with van der Waals surface area (Å²) in [5.74, 6) is -1.87. The lowest BCUT2D eigenvalue weighted by Gasteiger charge is -2.13. The van der Waals surface area contributed by atoms with Gasteiger partial charge >= 0.3 is 5.69 Å². The van der Waals surface area contributed by atoms with Crippen molar-refractivity contribution < 1.29 is 19.6 Å². The Kier molecular flexibility index (Phi) is 3.50. The molecular weight excluding hydrogens is 394 g/mol. The maximum atomic E-state index is 12.5. The zero-order chi connectivity index (χ0) is 17.9. The van der Waals surface area contributed by atoms with Gasteiger partial charge in [0.25, 0.3) is 11.8 Å². The highest BCUT2D eigenvalue weighted by Crippen LogP contribution is 2.52. The van der Waals surface area contributed by atoms with Crippen molar-refractivity contribution in [3.8, 4) is 5.75 Å². The minimum atomic E-state index is -0.725. The molecule has 2 amide bonds. The third kappa shape index (κ3) is 2.30. The summed E-state index contributed by atoms with van der Waals surface area (Å²) < 4.78 is 0.372. The van der Waals surface area contributed by atoms with Crippen molar-refractivity contribution in [1.82, 2.24) is 5.01 Å². The van der Waals surface area contributed by atoms with Crippen LogP contribution < -0.4 is 0 Å². The van der Waals surface area contributed by atoms with Crippen LogP contribution in [0.25, 0.3) is 0 Å². The molecule has 4 rings (SSSR count). The number of phenols is 1. The molecule has 9 heteroatoms. The number of hydrogen-bond acceptors (Lipinski definition) is 6. The predicted molar refractivity (Wildman–Crippen MR) is 89.6 cm³/mol. The van der Waals surface area contributed by atoms with E-state index in [4.69, 9.17) is 0 Å². The molecule has 1 heterocycles. The van der Waals surface area contributed by atoms with Crippen LogP contribution in [0.4, 0.5) is 5.69 Å². The van der Waals surface area contributed by atoms with Gasteiger partial charge in [0, 0.05) is 16.1 Å². The van der Waals surface area contributed by atoms with E-state index in [1.165, 1.54) is 6.07 Å². The second-order valence-electron chi connectivity index (χ2n) is 6.35. The van der Waals surface area contributed by atoms with E-state index >= 15 is 0 Å². The monoisotopic (exact) mass is 405 g/mol. The van der Waals surface area contributed by atoms with Crippen molar-refractivity contribution in [3.63, 3.8) is 0 Å². The molecule has 1 aliphatic heterocycles. The first-order valence-corrected chi connectivity index (χ1v) is 8.45. The van der Waals surface area contributed by atoms with Crippen molar-refractivity contribution in [2.24, 2.45) is 28.8 Å². The Hall–Kier alpha value is -2.55. The molecule has 2 fully saturated rings. The normalized spacial score (nSPS) is 29.9. The minimum Gasteiger partial charge on any atom is -0.502 e. The van der Waals surface area contributed by atoms with Crippen LogP contribution in [-0.2, 0) is 9.59 Å². The van der Waals surface area contributed by atoms with Crippen molar-refractivity contribution in [3.05, 3.63) is 44.4 Å². The summed E-state index contributed by atoms with van der Waals surface area (Å²) in [5, 5.41) is 25.7. The summed E-state index contributed by atoms with van der Waals surface area (Å²) in [4.78, 5) is 35.3. The first-order chi connectivity index (χ1) is 11.9. The number of halogens is 1. The smallest absolute Gasteiger partial charge is 0.312 e. The van der Waals surface area contributed by atoms with Gasteiger partial charge in [0.05, 0.1) is 23.0 Å². The van der Waals surface area contributed by atoms with Gasteiger partial charge in [-0.25, -0.2) is 0 Å². The Morgan fingerprint density at radius 2 is 1.84 bits per heavy atom. The highest BCUT2D eigenvalue weighted by Gasteiger charge is 2.59. The average molecular weight is 406 g/mol. The Morgan fingerprint density at radius 3 is 2.40 bits per heavy atom. The molecule has 1 N–H and O–H groups in total. The molecule has 1 aromatic rings. The Morgan fingerprint density at radius 1 is 1.24 bits per heavy atom. The SMILES string of the molecule is O=C1[C@@H]2[C@H](C(=O)N1/N=C/c1cc(Br)cc([N+](=O)[O-])c1O)[C@@H]1C=C[C@H]2C1. The molecule has 2 bridgehead atoms. The number of phenolic OH excluding ortho intramolecular Hbond substituents is 1. The molecular formula is C16H12BrN3O5. The largest absolute Gasteiger partial charge is 0.502 e. The molecule has 1 aromatic carbocycles. The lowest BCUT2D eigenvalue weighted by Crippen LogP contribution is -2.28. The molecule has 3 aliphatic rings. The highest BCUT2D eigenvalue weighted by atomic mass is 79.9. The van der Waals surface area contributed by atoms with Crippen LogP contribution in [0.3, 0.4) is 0 Å². The van der Waals surface area contributed by atoms with Crippen LogP contribution in [0.15, 0.2) is 33.9 Å². The molecule has 0 spiro atoms. The number of nitrogens with zero attached hydrogens (tertiary/aromatic N) is 3. The zero-order valence-electron chi connectivity index (χ0n) is 12.7. The second kappa shape index (κ2) is 5.48. The van der Waals surface area contributed by atoms with Gasteiger partial charge < -0.3 is 5.11 Å². The molecule has 4 atom stereocenters. The van der Waals surface area contributed by atoms with Crippen LogP contribution in [-0.4, -0.2) is 33.1 Å². The number of hydrogen-bond donors (Lipinski definition) is 1. The first kappa shape index (κ1) is 15.9. The third-order valence-electron chi connectivity index (χ3n) is 5.04. The average Bonchev–Trinajstić information content (AvgIpc) is 3.23. The van der Waals surface area contributed by atoms with E-state index < -0.39 is 16.4 Å². The number of nitro groups is 1. The van der Waals surface area contributed by atoms with E-state index in [-0.39, 0.29) is 41.0 Å². The van der Waals surface area contributed by atoms with E-state index in [1.54, 1.807) is 0 Å². The molecule has 2 aliphatic carbocycles. The first-order valence-electron chi connectivity index (χ1n) is 7.65. The molecule has 1 saturated carbocycles. The molecule has 8 nitrogen and oxygen atoms in total. The van der Waals surface area contributed by atoms with Crippen LogP contribution in [0.2, 0.25) is 0 Å². The number of carbonyl (C=O) groups is 2. The van der Waals surface area contributed by atoms with E-state index in [2.05, 4.69) is 21.0 Å². The Labute approximate surface area is 150 Å². The van der Waals surface area contributed by atoms with Gasteiger partial charge in [-0.05, 0) is 24.3 Å². The summed E-state index contributed by atoms with van der Waals surface area (Å²) in [7, 11) is 0. The summed E-state index contributed by atoms with van der Waals surface area (Å²) >= 11 is 3.12. The van der Waals surface area contributed by atoms with Gasteiger partial charge in [-0.2, -0.15) is 10.1 Å². The topological polar surface area (TPSA) is 113 Å². The van der Waals surface area contributed by atoms with Crippen molar-refractivity contribution in [1.29, 1.82) is 0 Å². The number of fused-ring (bicyclic) bond motifs is 5. The molecule has 25 heavy (non-hydrogen) atoms. The summed E-state index contributed by atoms with van der Waals surface area (Å²) in [5.41, 5.74) is -0.450. The number of aromatic hydroxyl groups is 1. The van der Waals surface area contributed by atoms with Crippen LogP contribution >= 0.6 is 15.9 Å². The van der Waals surface area contributed by atoms with E-state index in [1.807, 2.05) is 12.2 Å². The third-order valence-corrected chi connectivity index (χ3v) is 5.50.